The smallest absolute Gasteiger partial charge is 0.264 e. The molecule has 0 aliphatic heterocycles. The molecule has 0 saturated heterocycles. The number of para-hydroxylation sites is 1. The van der Waals surface area contributed by atoms with E-state index in [4.69, 9.17) is 11.6 Å². The quantitative estimate of drug-likeness (QED) is 0.403. The van der Waals surface area contributed by atoms with Crippen LogP contribution in [0.4, 0.5) is 5.69 Å². The molecular formula is C28H32ClN3O4S. The zero-order chi connectivity index (χ0) is 27.2. The first-order valence-electron chi connectivity index (χ1n) is 12.0. The summed E-state index contributed by atoms with van der Waals surface area (Å²) in [6, 6.07) is 19.7. The van der Waals surface area contributed by atoms with Gasteiger partial charge in [0.1, 0.15) is 12.6 Å². The third-order valence-corrected chi connectivity index (χ3v) is 8.20. The molecule has 3 aromatic carbocycles. The minimum atomic E-state index is -4.13. The number of anilines is 1. The van der Waals surface area contributed by atoms with Crippen LogP contribution in [0, 0.1) is 13.8 Å². The van der Waals surface area contributed by atoms with Gasteiger partial charge in [0, 0.05) is 18.6 Å². The molecule has 0 spiro atoms. The van der Waals surface area contributed by atoms with Crippen LogP contribution in [-0.4, -0.2) is 44.8 Å². The van der Waals surface area contributed by atoms with Crippen LogP contribution < -0.4 is 9.62 Å². The summed E-state index contributed by atoms with van der Waals surface area (Å²) in [5.74, 6) is -0.803. The maximum Gasteiger partial charge on any atom is 0.264 e. The summed E-state index contributed by atoms with van der Waals surface area (Å²) >= 11 is 5.98. The fourth-order valence-electron chi connectivity index (χ4n) is 4.07. The summed E-state index contributed by atoms with van der Waals surface area (Å²) in [5.41, 5.74) is 2.98. The van der Waals surface area contributed by atoms with Crippen molar-refractivity contribution in [3.05, 3.63) is 94.5 Å². The zero-order valence-electron chi connectivity index (χ0n) is 21.4. The van der Waals surface area contributed by atoms with Crippen molar-refractivity contribution >= 4 is 39.1 Å². The first-order chi connectivity index (χ1) is 17.6. The van der Waals surface area contributed by atoms with E-state index in [1.54, 1.807) is 31.2 Å². The molecule has 3 rings (SSSR count). The lowest BCUT2D eigenvalue weighted by Gasteiger charge is -2.33. The second-order valence-corrected chi connectivity index (χ2v) is 11.1. The molecule has 7 nitrogen and oxygen atoms in total. The first kappa shape index (κ1) is 28.2. The summed E-state index contributed by atoms with van der Waals surface area (Å²) in [6.45, 7) is 5.25. The number of rotatable bonds is 10. The SMILES string of the molecule is CC[C@H](C(=O)NC)N(Cc1ccc(C)cc1)C(=O)CN(c1ccccc1C)S(=O)(=O)c1ccc(Cl)cc1. The number of nitrogens with one attached hydrogen (secondary N) is 1. The van der Waals surface area contributed by atoms with Gasteiger partial charge >= 0.3 is 0 Å². The number of likely N-dealkylation sites (N-methyl/N-ethyl adjacent to an activating group) is 1. The molecule has 2 amide bonds. The van der Waals surface area contributed by atoms with E-state index in [9.17, 15) is 18.0 Å². The van der Waals surface area contributed by atoms with Crippen molar-refractivity contribution in [2.24, 2.45) is 0 Å². The van der Waals surface area contributed by atoms with Gasteiger partial charge in [-0.3, -0.25) is 13.9 Å². The average Bonchev–Trinajstić information content (AvgIpc) is 2.88. The van der Waals surface area contributed by atoms with Gasteiger partial charge in [-0.05, 0) is 61.7 Å². The number of halogens is 1. The molecule has 0 bridgehead atoms. The van der Waals surface area contributed by atoms with Gasteiger partial charge in [0.05, 0.1) is 10.6 Å². The van der Waals surface area contributed by atoms with Crippen LogP contribution in [0.15, 0.2) is 77.7 Å². The third-order valence-electron chi connectivity index (χ3n) is 6.17. The number of hydrogen-bond acceptors (Lipinski definition) is 4. The summed E-state index contributed by atoms with van der Waals surface area (Å²) in [6.07, 6.45) is 0.367. The molecule has 37 heavy (non-hydrogen) atoms. The largest absolute Gasteiger partial charge is 0.357 e. The Balaban J connectivity index is 2.06. The van der Waals surface area contributed by atoms with Crippen molar-refractivity contribution in [2.75, 3.05) is 17.9 Å². The fraction of sp³-hybridized carbons (Fsp3) is 0.286. The van der Waals surface area contributed by atoms with Crippen molar-refractivity contribution in [3.8, 4) is 0 Å². The van der Waals surface area contributed by atoms with Gasteiger partial charge in [0.2, 0.25) is 11.8 Å². The molecule has 0 radical (unpaired) electrons. The monoisotopic (exact) mass is 541 g/mol. The fourth-order valence-corrected chi connectivity index (χ4v) is 5.67. The Bertz CT molecular complexity index is 1340. The Labute approximate surface area is 224 Å². The van der Waals surface area contributed by atoms with Crippen molar-refractivity contribution in [1.29, 1.82) is 0 Å². The van der Waals surface area contributed by atoms with Gasteiger partial charge in [-0.2, -0.15) is 0 Å². The number of carbonyl (C=O) groups is 2. The molecule has 0 fully saturated rings. The maximum absolute atomic E-state index is 13.9. The summed E-state index contributed by atoms with van der Waals surface area (Å²) < 4.78 is 28.7. The number of nitrogens with zero attached hydrogens (tertiary/aromatic N) is 2. The Morgan fingerprint density at radius 1 is 0.946 bits per heavy atom. The summed E-state index contributed by atoms with van der Waals surface area (Å²) in [5, 5.41) is 3.03. The van der Waals surface area contributed by atoms with Crippen molar-refractivity contribution in [1.82, 2.24) is 10.2 Å². The van der Waals surface area contributed by atoms with Crippen LogP contribution in [0.5, 0.6) is 0 Å². The van der Waals surface area contributed by atoms with E-state index >= 15 is 0 Å². The van der Waals surface area contributed by atoms with E-state index in [0.29, 0.717) is 22.7 Å². The molecule has 0 aliphatic rings. The zero-order valence-corrected chi connectivity index (χ0v) is 23.0. The van der Waals surface area contributed by atoms with Crippen molar-refractivity contribution < 1.29 is 18.0 Å². The standard InChI is InChI=1S/C28H32ClN3O4S/c1-5-25(28(34)30-4)31(18-22-12-10-20(2)11-13-22)27(33)19-32(26-9-7-6-8-21(26)3)37(35,36)24-16-14-23(29)15-17-24/h6-17,25H,5,18-19H2,1-4H3,(H,30,34)/t25-/m1/s1. The van der Waals surface area contributed by atoms with Crippen LogP contribution >= 0.6 is 11.6 Å². The maximum atomic E-state index is 13.9. The van der Waals surface area contributed by atoms with Gasteiger partial charge in [0.25, 0.3) is 10.0 Å². The first-order valence-corrected chi connectivity index (χ1v) is 13.8. The Morgan fingerprint density at radius 2 is 1.57 bits per heavy atom. The Morgan fingerprint density at radius 3 is 2.14 bits per heavy atom. The van der Waals surface area contributed by atoms with E-state index in [1.165, 1.54) is 36.2 Å². The predicted molar refractivity (Wildman–Crippen MR) is 147 cm³/mol. The molecule has 0 aromatic heterocycles. The molecule has 9 heteroatoms. The average molecular weight is 542 g/mol. The van der Waals surface area contributed by atoms with E-state index in [2.05, 4.69) is 5.32 Å². The van der Waals surface area contributed by atoms with E-state index in [1.807, 2.05) is 38.1 Å². The molecule has 0 heterocycles. The highest BCUT2D eigenvalue weighted by Gasteiger charge is 2.33. The topological polar surface area (TPSA) is 86.8 Å². The second-order valence-electron chi connectivity index (χ2n) is 8.80. The Kier molecular flexibility index (Phi) is 9.34. The Hall–Kier alpha value is -3.36. The molecule has 0 aliphatic carbocycles. The third kappa shape index (κ3) is 6.70. The second kappa shape index (κ2) is 12.3. The lowest BCUT2D eigenvalue weighted by molar-refractivity contribution is -0.140. The molecular weight excluding hydrogens is 510 g/mol. The molecule has 1 atom stereocenters. The van der Waals surface area contributed by atoms with E-state index in [0.717, 1.165) is 15.4 Å². The number of sulfonamides is 1. The van der Waals surface area contributed by atoms with Gasteiger partial charge in [-0.25, -0.2) is 8.42 Å². The number of benzene rings is 3. The van der Waals surface area contributed by atoms with Crippen LogP contribution in [0.2, 0.25) is 5.02 Å². The predicted octanol–water partition coefficient (Wildman–Crippen LogP) is 4.71. The van der Waals surface area contributed by atoms with E-state index in [-0.39, 0.29) is 17.3 Å². The van der Waals surface area contributed by atoms with Crippen LogP contribution in [-0.2, 0) is 26.2 Å². The highest BCUT2D eigenvalue weighted by atomic mass is 35.5. The van der Waals surface area contributed by atoms with Crippen LogP contribution in [0.25, 0.3) is 0 Å². The van der Waals surface area contributed by atoms with Gasteiger partial charge in [0.15, 0.2) is 0 Å². The highest BCUT2D eigenvalue weighted by Crippen LogP contribution is 2.28. The number of amides is 2. The normalized spacial score (nSPS) is 12.0. The summed E-state index contributed by atoms with van der Waals surface area (Å²) in [4.78, 5) is 28.1. The summed E-state index contributed by atoms with van der Waals surface area (Å²) in [7, 11) is -2.61. The lowest BCUT2D eigenvalue weighted by Crippen LogP contribution is -2.51. The molecule has 3 aromatic rings. The van der Waals surface area contributed by atoms with Crippen molar-refractivity contribution in [3.63, 3.8) is 0 Å². The van der Waals surface area contributed by atoms with Gasteiger partial charge in [-0.15, -0.1) is 0 Å². The highest BCUT2D eigenvalue weighted by molar-refractivity contribution is 7.92. The van der Waals surface area contributed by atoms with Crippen LogP contribution in [0.1, 0.15) is 30.0 Å². The molecule has 0 unspecified atom stereocenters. The van der Waals surface area contributed by atoms with E-state index < -0.39 is 28.5 Å². The van der Waals surface area contributed by atoms with Crippen molar-refractivity contribution in [2.45, 2.75) is 44.7 Å². The van der Waals surface area contributed by atoms with Gasteiger partial charge in [-0.1, -0.05) is 66.6 Å². The molecule has 1 N–H and O–H groups in total. The van der Waals surface area contributed by atoms with Gasteiger partial charge < -0.3 is 10.2 Å². The lowest BCUT2D eigenvalue weighted by atomic mass is 10.1. The number of carbonyl (C=O) groups excluding carboxylic acids is 2. The molecule has 0 saturated carbocycles. The molecule has 196 valence electrons. The number of aryl methyl sites for hydroxylation is 2. The van der Waals surface area contributed by atoms with Crippen LogP contribution in [0.3, 0.4) is 0 Å². The number of hydrogen-bond donors (Lipinski definition) is 1. The minimum absolute atomic E-state index is 0.0105. The minimum Gasteiger partial charge on any atom is -0.357 e.